The smallest absolute Gasteiger partial charge is 0.196 e. The van der Waals surface area contributed by atoms with Crippen LogP contribution < -0.4 is 4.74 Å². The van der Waals surface area contributed by atoms with Crippen molar-refractivity contribution in [3.05, 3.63) is 57.8 Å². The molecule has 0 saturated heterocycles. The van der Waals surface area contributed by atoms with Crippen molar-refractivity contribution in [2.24, 2.45) is 0 Å². The summed E-state index contributed by atoms with van der Waals surface area (Å²) >= 11 is 1.62. The average molecular weight is 242 g/mol. The van der Waals surface area contributed by atoms with Crippen LogP contribution in [0.4, 0.5) is 0 Å². The Hall–Kier alpha value is -1.87. The molecule has 1 aliphatic rings. The van der Waals surface area contributed by atoms with Crippen LogP contribution in [0.15, 0.2) is 46.7 Å². The van der Waals surface area contributed by atoms with Crippen LogP contribution in [0.2, 0.25) is 0 Å². The molecule has 0 unspecified atom stereocenters. The van der Waals surface area contributed by atoms with Crippen LogP contribution in [-0.2, 0) is 0 Å². The molecule has 0 amide bonds. The van der Waals surface area contributed by atoms with Gasteiger partial charge in [-0.3, -0.25) is 4.79 Å². The lowest BCUT2D eigenvalue weighted by Gasteiger charge is -2.18. The van der Waals surface area contributed by atoms with Crippen molar-refractivity contribution in [1.29, 1.82) is 0 Å². The van der Waals surface area contributed by atoms with Crippen molar-refractivity contribution in [1.82, 2.24) is 0 Å². The van der Waals surface area contributed by atoms with Gasteiger partial charge in [0, 0.05) is 5.57 Å². The number of fused-ring (bicyclic) bond motifs is 1. The van der Waals surface area contributed by atoms with Crippen molar-refractivity contribution in [2.75, 3.05) is 6.61 Å². The molecule has 0 bridgehead atoms. The number of Topliss-reactive ketones (excluding diaryl/α,β-unsaturated/α-hetero) is 1. The van der Waals surface area contributed by atoms with Crippen LogP contribution >= 0.6 is 11.3 Å². The highest BCUT2D eigenvalue weighted by molar-refractivity contribution is 7.08. The Balaban J connectivity index is 2.00. The van der Waals surface area contributed by atoms with E-state index in [9.17, 15) is 4.79 Å². The maximum absolute atomic E-state index is 12.2. The highest BCUT2D eigenvalue weighted by Crippen LogP contribution is 2.27. The maximum Gasteiger partial charge on any atom is 0.196 e. The van der Waals surface area contributed by atoms with Crippen LogP contribution in [0.5, 0.6) is 5.75 Å². The van der Waals surface area contributed by atoms with Gasteiger partial charge >= 0.3 is 0 Å². The van der Waals surface area contributed by atoms with Crippen LogP contribution in [0.3, 0.4) is 0 Å². The van der Waals surface area contributed by atoms with Gasteiger partial charge in [-0.2, -0.15) is 11.3 Å². The zero-order valence-electron chi connectivity index (χ0n) is 9.05. The lowest BCUT2D eigenvalue weighted by molar-refractivity contribution is 0.100. The predicted molar refractivity (Wildman–Crippen MR) is 68.6 cm³/mol. The van der Waals surface area contributed by atoms with Gasteiger partial charge in [-0.25, -0.2) is 0 Å². The van der Waals surface area contributed by atoms with Crippen molar-refractivity contribution < 1.29 is 9.53 Å². The van der Waals surface area contributed by atoms with Crippen molar-refractivity contribution in [2.45, 2.75) is 0 Å². The van der Waals surface area contributed by atoms with Gasteiger partial charge in [-0.1, -0.05) is 12.1 Å². The molecule has 2 aromatic rings. The fourth-order valence-electron chi connectivity index (χ4n) is 1.84. The molecule has 0 spiro atoms. The van der Waals surface area contributed by atoms with E-state index in [1.807, 2.05) is 41.1 Å². The molecule has 0 aliphatic carbocycles. The third kappa shape index (κ3) is 1.89. The zero-order valence-corrected chi connectivity index (χ0v) is 9.87. The van der Waals surface area contributed by atoms with Gasteiger partial charge in [0.05, 0.1) is 5.56 Å². The van der Waals surface area contributed by atoms with E-state index in [-0.39, 0.29) is 5.78 Å². The van der Waals surface area contributed by atoms with Gasteiger partial charge in [0.25, 0.3) is 0 Å². The molecule has 0 atom stereocenters. The number of para-hydroxylation sites is 1. The topological polar surface area (TPSA) is 26.3 Å². The van der Waals surface area contributed by atoms with E-state index in [1.165, 1.54) is 0 Å². The van der Waals surface area contributed by atoms with E-state index in [0.717, 1.165) is 5.56 Å². The number of benzene rings is 1. The molecule has 3 heteroatoms. The molecule has 0 radical (unpaired) electrons. The van der Waals surface area contributed by atoms with E-state index in [0.29, 0.717) is 23.5 Å². The lowest BCUT2D eigenvalue weighted by Crippen LogP contribution is -2.18. The van der Waals surface area contributed by atoms with Crippen LogP contribution in [0.25, 0.3) is 6.08 Å². The Morgan fingerprint density at radius 3 is 2.94 bits per heavy atom. The quantitative estimate of drug-likeness (QED) is 0.716. The minimum absolute atomic E-state index is 0.0676. The van der Waals surface area contributed by atoms with E-state index < -0.39 is 0 Å². The summed E-state index contributed by atoms with van der Waals surface area (Å²) in [6.45, 7) is 0.353. The van der Waals surface area contributed by atoms with Gasteiger partial charge in [-0.15, -0.1) is 0 Å². The molecule has 1 aromatic heterocycles. The van der Waals surface area contributed by atoms with Gasteiger partial charge in [0.1, 0.15) is 12.4 Å². The molecular formula is C14H10O2S. The standard InChI is InChI=1S/C14H10O2S/c15-14-11(7-10-5-6-17-9-10)8-16-13-4-2-1-3-12(13)14/h1-7,9H,8H2. The van der Waals surface area contributed by atoms with E-state index >= 15 is 0 Å². The number of rotatable bonds is 1. The van der Waals surface area contributed by atoms with E-state index in [4.69, 9.17) is 4.74 Å². The molecule has 0 fully saturated rings. The maximum atomic E-state index is 12.2. The molecule has 0 N–H and O–H groups in total. The average Bonchev–Trinajstić information content (AvgIpc) is 2.86. The monoisotopic (exact) mass is 242 g/mol. The highest BCUT2D eigenvalue weighted by Gasteiger charge is 2.22. The first kappa shape index (κ1) is 10.3. The number of hydrogen-bond donors (Lipinski definition) is 0. The Labute approximate surface area is 103 Å². The number of ketones is 1. The Bertz CT molecular complexity index is 582. The summed E-state index contributed by atoms with van der Waals surface area (Å²) in [5.41, 5.74) is 2.42. The minimum atomic E-state index is 0.0676. The van der Waals surface area contributed by atoms with Gasteiger partial charge in [-0.05, 0) is 40.6 Å². The second kappa shape index (κ2) is 4.18. The lowest BCUT2D eigenvalue weighted by atomic mass is 9.99. The second-order valence-corrected chi connectivity index (χ2v) is 4.62. The van der Waals surface area contributed by atoms with Crippen LogP contribution in [0.1, 0.15) is 15.9 Å². The summed E-state index contributed by atoms with van der Waals surface area (Å²) in [6, 6.07) is 9.35. The Morgan fingerprint density at radius 2 is 2.12 bits per heavy atom. The normalized spacial score (nSPS) is 16.7. The summed E-state index contributed by atoms with van der Waals surface area (Å²) in [5, 5.41) is 4.01. The van der Waals surface area contributed by atoms with Crippen molar-refractivity contribution in [3.63, 3.8) is 0 Å². The molecule has 1 aliphatic heterocycles. The Morgan fingerprint density at radius 1 is 1.24 bits per heavy atom. The minimum Gasteiger partial charge on any atom is -0.488 e. The zero-order chi connectivity index (χ0) is 11.7. The predicted octanol–water partition coefficient (Wildman–Crippen LogP) is 3.41. The summed E-state index contributed by atoms with van der Waals surface area (Å²) in [7, 11) is 0. The second-order valence-electron chi connectivity index (χ2n) is 3.84. The fourth-order valence-corrected chi connectivity index (χ4v) is 2.46. The highest BCUT2D eigenvalue weighted by atomic mass is 32.1. The van der Waals surface area contributed by atoms with E-state index in [1.54, 1.807) is 17.4 Å². The summed E-state index contributed by atoms with van der Waals surface area (Å²) in [6.07, 6.45) is 1.90. The molecular weight excluding hydrogens is 232 g/mol. The van der Waals surface area contributed by atoms with Gasteiger partial charge < -0.3 is 4.74 Å². The summed E-state index contributed by atoms with van der Waals surface area (Å²) < 4.78 is 5.57. The number of ether oxygens (including phenoxy) is 1. The molecule has 84 valence electrons. The SMILES string of the molecule is O=C1C(=Cc2ccsc2)COc2ccccc21. The molecule has 2 nitrogen and oxygen atoms in total. The van der Waals surface area contributed by atoms with Gasteiger partial charge in [0.15, 0.2) is 5.78 Å². The summed E-state index contributed by atoms with van der Waals surface area (Å²) in [5.74, 6) is 0.748. The van der Waals surface area contributed by atoms with Crippen LogP contribution in [0, 0.1) is 0 Å². The van der Waals surface area contributed by atoms with E-state index in [2.05, 4.69) is 0 Å². The van der Waals surface area contributed by atoms with Crippen LogP contribution in [-0.4, -0.2) is 12.4 Å². The third-order valence-electron chi connectivity index (χ3n) is 2.69. The molecule has 3 rings (SSSR count). The first-order chi connectivity index (χ1) is 8.34. The van der Waals surface area contributed by atoms with Crippen molar-refractivity contribution >= 4 is 23.2 Å². The molecule has 1 aromatic carbocycles. The first-order valence-electron chi connectivity index (χ1n) is 5.34. The summed E-state index contributed by atoms with van der Waals surface area (Å²) in [4.78, 5) is 12.2. The number of thiophene rings is 1. The van der Waals surface area contributed by atoms with Gasteiger partial charge in [0.2, 0.25) is 0 Å². The van der Waals surface area contributed by atoms with Crippen molar-refractivity contribution in [3.8, 4) is 5.75 Å². The molecule has 17 heavy (non-hydrogen) atoms. The fraction of sp³-hybridized carbons (Fsp3) is 0.0714. The number of carbonyl (C=O) groups excluding carboxylic acids is 1. The Kier molecular flexibility index (Phi) is 2.53. The molecule has 0 saturated carbocycles. The number of carbonyl (C=O) groups is 1. The first-order valence-corrected chi connectivity index (χ1v) is 6.28. The number of hydrogen-bond acceptors (Lipinski definition) is 3. The largest absolute Gasteiger partial charge is 0.488 e. The molecule has 2 heterocycles. The third-order valence-corrected chi connectivity index (χ3v) is 3.39.